The quantitative estimate of drug-likeness (QED) is 0.581. The molecule has 0 radical (unpaired) electrons. The number of carbonyl (C=O) groups is 1. The minimum atomic E-state index is -0.119. The highest BCUT2D eigenvalue weighted by molar-refractivity contribution is 5.72. The maximum Gasteiger partial charge on any atom is 0.309 e. The van der Waals surface area contributed by atoms with Crippen molar-refractivity contribution in [3.05, 3.63) is 60.2 Å². The first-order chi connectivity index (χ1) is 11.9. The summed E-state index contributed by atoms with van der Waals surface area (Å²) in [5.41, 5.74) is 1.04. The van der Waals surface area contributed by atoms with E-state index < -0.39 is 0 Å². The average molecular weight is 340 g/mol. The molecule has 25 heavy (non-hydrogen) atoms. The van der Waals surface area contributed by atoms with Crippen LogP contribution < -0.4 is 4.74 Å². The third kappa shape index (κ3) is 6.61. The standard InChI is InChI=1S/C22H28O3/c1-5-18(15-22(2,3)4)21(23)24-16-17-10-9-13-20(14-17)25-19-11-7-6-8-12-19/h6-14,18H,5,15-16H2,1-4H3. The summed E-state index contributed by atoms with van der Waals surface area (Å²) in [7, 11) is 0. The number of hydrogen-bond acceptors (Lipinski definition) is 3. The minimum Gasteiger partial charge on any atom is -0.461 e. The van der Waals surface area contributed by atoms with Crippen LogP contribution in [0.15, 0.2) is 54.6 Å². The van der Waals surface area contributed by atoms with E-state index in [4.69, 9.17) is 9.47 Å². The van der Waals surface area contributed by atoms with E-state index in [1.807, 2.05) is 61.5 Å². The van der Waals surface area contributed by atoms with Gasteiger partial charge in [0.1, 0.15) is 18.1 Å². The van der Waals surface area contributed by atoms with Crippen LogP contribution >= 0.6 is 0 Å². The van der Waals surface area contributed by atoms with Gasteiger partial charge in [-0.3, -0.25) is 4.79 Å². The van der Waals surface area contributed by atoms with E-state index in [0.717, 1.165) is 29.9 Å². The Morgan fingerprint density at radius 2 is 1.68 bits per heavy atom. The van der Waals surface area contributed by atoms with Crippen LogP contribution in [0.25, 0.3) is 0 Å². The van der Waals surface area contributed by atoms with Crippen molar-refractivity contribution in [2.24, 2.45) is 11.3 Å². The van der Waals surface area contributed by atoms with Crippen LogP contribution in [0.4, 0.5) is 0 Å². The molecule has 0 bridgehead atoms. The maximum absolute atomic E-state index is 12.3. The van der Waals surface area contributed by atoms with Crippen molar-refractivity contribution < 1.29 is 14.3 Å². The van der Waals surface area contributed by atoms with E-state index in [-0.39, 0.29) is 23.9 Å². The van der Waals surface area contributed by atoms with Gasteiger partial charge in [0.2, 0.25) is 0 Å². The average Bonchev–Trinajstić information content (AvgIpc) is 2.58. The number of para-hydroxylation sites is 1. The molecule has 0 saturated carbocycles. The Morgan fingerprint density at radius 1 is 1.00 bits per heavy atom. The summed E-state index contributed by atoms with van der Waals surface area (Å²) in [4.78, 5) is 12.3. The lowest BCUT2D eigenvalue weighted by atomic mass is 9.83. The molecule has 0 fully saturated rings. The van der Waals surface area contributed by atoms with Crippen LogP contribution in [-0.2, 0) is 16.1 Å². The smallest absolute Gasteiger partial charge is 0.309 e. The molecule has 0 aliphatic heterocycles. The Hall–Kier alpha value is -2.29. The molecule has 2 aromatic rings. The Labute approximate surface area is 151 Å². The van der Waals surface area contributed by atoms with Gasteiger partial charge in [-0.05, 0) is 48.1 Å². The van der Waals surface area contributed by atoms with Gasteiger partial charge in [-0.1, -0.05) is 58.0 Å². The van der Waals surface area contributed by atoms with Gasteiger partial charge in [-0.25, -0.2) is 0 Å². The highest BCUT2D eigenvalue weighted by Gasteiger charge is 2.24. The number of esters is 1. The molecular weight excluding hydrogens is 312 g/mol. The lowest BCUT2D eigenvalue weighted by Gasteiger charge is -2.23. The molecule has 3 heteroatoms. The zero-order valence-corrected chi connectivity index (χ0v) is 15.6. The molecule has 0 saturated heterocycles. The highest BCUT2D eigenvalue weighted by Crippen LogP contribution is 2.27. The fourth-order valence-corrected chi connectivity index (χ4v) is 2.73. The van der Waals surface area contributed by atoms with E-state index >= 15 is 0 Å². The van der Waals surface area contributed by atoms with Crippen molar-refractivity contribution in [2.45, 2.75) is 47.1 Å². The summed E-state index contributed by atoms with van der Waals surface area (Å²) < 4.78 is 11.4. The second kappa shape index (κ2) is 8.70. The van der Waals surface area contributed by atoms with Crippen molar-refractivity contribution in [1.29, 1.82) is 0 Å². The van der Waals surface area contributed by atoms with Crippen molar-refractivity contribution in [1.82, 2.24) is 0 Å². The van der Waals surface area contributed by atoms with Crippen LogP contribution in [0.5, 0.6) is 11.5 Å². The predicted octanol–water partition coefficient (Wildman–Crippen LogP) is 5.98. The Balaban J connectivity index is 1.94. The maximum atomic E-state index is 12.3. The van der Waals surface area contributed by atoms with E-state index in [9.17, 15) is 4.79 Å². The molecule has 134 valence electrons. The summed E-state index contributed by atoms with van der Waals surface area (Å²) >= 11 is 0. The molecule has 2 rings (SSSR count). The van der Waals surface area contributed by atoms with Gasteiger partial charge >= 0.3 is 5.97 Å². The van der Waals surface area contributed by atoms with Gasteiger partial charge in [0.05, 0.1) is 5.92 Å². The van der Waals surface area contributed by atoms with Gasteiger partial charge in [0.15, 0.2) is 0 Å². The second-order valence-electron chi connectivity index (χ2n) is 7.54. The van der Waals surface area contributed by atoms with Crippen LogP contribution in [0.2, 0.25) is 0 Å². The highest BCUT2D eigenvalue weighted by atomic mass is 16.5. The third-order valence-electron chi connectivity index (χ3n) is 3.94. The number of ether oxygens (including phenoxy) is 2. The van der Waals surface area contributed by atoms with Crippen LogP contribution in [0.3, 0.4) is 0 Å². The molecule has 0 amide bonds. The van der Waals surface area contributed by atoms with E-state index in [0.29, 0.717) is 0 Å². The summed E-state index contributed by atoms with van der Waals surface area (Å²) in [5.74, 6) is 1.35. The first-order valence-electron chi connectivity index (χ1n) is 8.86. The van der Waals surface area contributed by atoms with Crippen molar-refractivity contribution in [3.8, 4) is 11.5 Å². The number of carbonyl (C=O) groups excluding carboxylic acids is 1. The summed E-state index contributed by atoms with van der Waals surface area (Å²) in [6.07, 6.45) is 1.63. The van der Waals surface area contributed by atoms with Gasteiger partial charge in [-0.15, -0.1) is 0 Å². The zero-order chi connectivity index (χ0) is 18.3. The molecular formula is C22H28O3. The first kappa shape index (κ1) is 19.0. The predicted molar refractivity (Wildman–Crippen MR) is 101 cm³/mol. The monoisotopic (exact) mass is 340 g/mol. The number of rotatable bonds is 7. The number of hydrogen-bond donors (Lipinski definition) is 0. The van der Waals surface area contributed by atoms with Gasteiger partial charge in [0.25, 0.3) is 0 Å². The molecule has 3 nitrogen and oxygen atoms in total. The first-order valence-corrected chi connectivity index (χ1v) is 8.86. The molecule has 1 unspecified atom stereocenters. The SMILES string of the molecule is CCC(CC(C)(C)C)C(=O)OCc1cccc(Oc2ccccc2)c1. The minimum absolute atomic E-state index is 0.0521. The summed E-state index contributed by atoms with van der Waals surface area (Å²) in [6, 6.07) is 17.3. The molecule has 0 aliphatic rings. The number of benzene rings is 2. The fourth-order valence-electron chi connectivity index (χ4n) is 2.73. The van der Waals surface area contributed by atoms with Crippen LogP contribution in [0.1, 0.15) is 46.1 Å². The van der Waals surface area contributed by atoms with Crippen LogP contribution in [0, 0.1) is 11.3 Å². The van der Waals surface area contributed by atoms with Gasteiger partial charge < -0.3 is 9.47 Å². The molecule has 0 spiro atoms. The Kier molecular flexibility index (Phi) is 6.63. The van der Waals surface area contributed by atoms with Crippen LogP contribution in [-0.4, -0.2) is 5.97 Å². The summed E-state index contributed by atoms with van der Waals surface area (Å²) in [6.45, 7) is 8.74. The molecule has 0 heterocycles. The van der Waals surface area contributed by atoms with Crippen molar-refractivity contribution in [2.75, 3.05) is 0 Å². The van der Waals surface area contributed by atoms with E-state index in [1.165, 1.54) is 0 Å². The van der Waals surface area contributed by atoms with E-state index in [2.05, 4.69) is 20.8 Å². The largest absolute Gasteiger partial charge is 0.461 e. The zero-order valence-electron chi connectivity index (χ0n) is 15.6. The van der Waals surface area contributed by atoms with Gasteiger partial charge in [-0.2, -0.15) is 0 Å². The van der Waals surface area contributed by atoms with Gasteiger partial charge in [0, 0.05) is 0 Å². The lowest BCUT2D eigenvalue weighted by molar-refractivity contribution is -0.151. The Morgan fingerprint density at radius 3 is 2.32 bits per heavy atom. The van der Waals surface area contributed by atoms with E-state index in [1.54, 1.807) is 0 Å². The Bertz CT molecular complexity index is 671. The molecule has 0 aromatic heterocycles. The lowest BCUT2D eigenvalue weighted by Crippen LogP contribution is -2.22. The van der Waals surface area contributed by atoms with Crippen molar-refractivity contribution in [3.63, 3.8) is 0 Å². The molecule has 0 aliphatic carbocycles. The second-order valence-corrected chi connectivity index (χ2v) is 7.54. The molecule has 1 atom stereocenters. The summed E-state index contributed by atoms with van der Waals surface area (Å²) in [5, 5.41) is 0. The fraction of sp³-hybridized carbons (Fsp3) is 0.409. The normalized spacial score (nSPS) is 12.5. The molecule has 2 aromatic carbocycles. The van der Waals surface area contributed by atoms with Crippen molar-refractivity contribution >= 4 is 5.97 Å². The molecule has 0 N–H and O–H groups in total. The topological polar surface area (TPSA) is 35.5 Å². The third-order valence-corrected chi connectivity index (χ3v) is 3.94.